The van der Waals surface area contributed by atoms with Gasteiger partial charge in [0.2, 0.25) is 5.91 Å². The van der Waals surface area contributed by atoms with Gasteiger partial charge in [-0.2, -0.15) is 0 Å². The topological polar surface area (TPSA) is 32.3 Å². The van der Waals surface area contributed by atoms with Crippen LogP contribution in [0, 0.1) is 12.8 Å². The van der Waals surface area contributed by atoms with Gasteiger partial charge in [-0.15, -0.1) is 0 Å². The van der Waals surface area contributed by atoms with Gasteiger partial charge in [0.1, 0.15) is 6.17 Å². The molecule has 0 aliphatic carbocycles. The highest BCUT2D eigenvalue weighted by atomic mass is 16.2. The second kappa shape index (κ2) is 5.11. The summed E-state index contributed by atoms with van der Waals surface area (Å²) in [4.78, 5) is 14.1. The Balaban J connectivity index is 2.33. The molecule has 1 aliphatic heterocycles. The van der Waals surface area contributed by atoms with Crippen LogP contribution in [0.15, 0.2) is 24.3 Å². The van der Waals surface area contributed by atoms with E-state index >= 15 is 0 Å². The molecular formula is C15H22N2O. The van der Waals surface area contributed by atoms with Crippen molar-refractivity contribution in [2.75, 3.05) is 6.54 Å². The van der Waals surface area contributed by atoms with E-state index in [1.54, 1.807) is 0 Å². The number of aryl methyl sites for hydroxylation is 1. The molecule has 3 nitrogen and oxygen atoms in total. The highest BCUT2D eigenvalue weighted by Crippen LogP contribution is 2.29. The molecule has 98 valence electrons. The van der Waals surface area contributed by atoms with Crippen molar-refractivity contribution in [2.24, 2.45) is 5.92 Å². The lowest BCUT2D eigenvalue weighted by atomic mass is 10.0. The molecule has 1 heterocycles. The summed E-state index contributed by atoms with van der Waals surface area (Å²) in [5.74, 6) is 0.657. The fourth-order valence-electron chi connectivity index (χ4n) is 2.45. The fourth-order valence-corrected chi connectivity index (χ4v) is 2.45. The number of carbonyl (C=O) groups excluding carboxylic acids is 1. The van der Waals surface area contributed by atoms with Gasteiger partial charge in [0.05, 0.1) is 6.54 Å². The first kappa shape index (κ1) is 13.1. The summed E-state index contributed by atoms with van der Waals surface area (Å²) in [7, 11) is 0. The lowest BCUT2D eigenvalue weighted by Crippen LogP contribution is -2.41. The zero-order valence-corrected chi connectivity index (χ0v) is 11.6. The minimum absolute atomic E-state index is 0.0242. The van der Waals surface area contributed by atoms with E-state index < -0.39 is 0 Å². The largest absolute Gasteiger partial charge is 0.319 e. The summed E-state index contributed by atoms with van der Waals surface area (Å²) in [6, 6.07) is 8.51. The Labute approximate surface area is 109 Å². The number of rotatable bonds is 3. The average molecular weight is 246 g/mol. The molecule has 2 unspecified atom stereocenters. The molecule has 0 bridgehead atoms. The number of nitrogens with one attached hydrogen (secondary N) is 1. The van der Waals surface area contributed by atoms with E-state index in [1.807, 2.05) is 17.0 Å². The standard InChI is InChI=1S/C15H22N2O/c1-10(2)12(4)17-14(18)9-16-15(17)13-8-6-5-7-11(13)3/h5-8,10,12,15-16H,9H2,1-4H3. The third kappa shape index (κ3) is 2.27. The van der Waals surface area contributed by atoms with E-state index in [9.17, 15) is 4.79 Å². The van der Waals surface area contributed by atoms with Gasteiger partial charge in [-0.1, -0.05) is 38.1 Å². The Kier molecular flexibility index (Phi) is 3.71. The van der Waals surface area contributed by atoms with Gasteiger partial charge in [0.25, 0.3) is 0 Å². The first-order chi connectivity index (χ1) is 8.52. The van der Waals surface area contributed by atoms with E-state index in [-0.39, 0.29) is 18.1 Å². The molecule has 1 aliphatic rings. The molecular weight excluding hydrogens is 224 g/mol. The minimum atomic E-state index is 0.0242. The third-order valence-corrected chi connectivity index (χ3v) is 3.90. The number of nitrogens with zero attached hydrogens (tertiary/aromatic N) is 1. The number of hydrogen-bond acceptors (Lipinski definition) is 2. The molecule has 1 N–H and O–H groups in total. The minimum Gasteiger partial charge on any atom is -0.319 e. The smallest absolute Gasteiger partial charge is 0.238 e. The van der Waals surface area contributed by atoms with Crippen molar-refractivity contribution in [2.45, 2.75) is 39.9 Å². The predicted molar refractivity (Wildman–Crippen MR) is 73.1 cm³/mol. The lowest BCUT2D eigenvalue weighted by Gasteiger charge is -2.33. The number of benzene rings is 1. The van der Waals surface area contributed by atoms with Crippen molar-refractivity contribution < 1.29 is 4.79 Å². The summed E-state index contributed by atoms with van der Waals surface area (Å²) >= 11 is 0. The van der Waals surface area contributed by atoms with Crippen molar-refractivity contribution in [1.29, 1.82) is 0 Å². The van der Waals surface area contributed by atoms with Crippen molar-refractivity contribution in [3.63, 3.8) is 0 Å². The molecule has 18 heavy (non-hydrogen) atoms. The van der Waals surface area contributed by atoms with Gasteiger partial charge >= 0.3 is 0 Å². The maximum atomic E-state index is 12.1. The fraction of sp³-hybridized carbons (Fsp3) is 0.533. The highest BCUT2D eigenvalue weighted by molar-refractivity contribution is 5.81. The van der Waals surface area contributed by atoms with Gasteiger partial charge in [0.15, 0.2) is 0 Å². The van der Waals surface area contributed by atoms with Crippen molar-refractivity contribution in [1.82, 2.24) is 10.2 Å². The summed E-state index contributed by atoms with van der Waals surface area (Å²) in [6.45, 7) is 8.98. The number of hydrogen-bond donors (Lipinski definition) is 1. The average Bonchev–Trinajstić information content (AvgIpc) is 2.70. The predicted octanol–water partition coefficient (Wildman–Crippen LogP) is 2.47. The molecule has 0 radical (unpaired) electrons. The van der Waals surface area contributed by atoms with E-state index in [4.69, 9.17) is 0 Å². The molecule has 3 heteroatoms. The highest BCUT2D eigenvalue weighted by Gasteiger charge is 2.36. The van der Waals surface area contributed by atoms with Gasteiger partial charge in [-0.05, 0) is 30.9 Å². The zero-order chi connectivity index (χ0) is 13.3. The van der Waals surface area contributed by atoms with E-state index in [2.05, 4.69) is 45.1 Å². The van der Waals surface area contributed by atoms with Crippen LogP contribution in [-0.2, 0) is 4.79 Å². The Hall–Kier alpha value is -1.35. The summed E-state index contributed by atoms with van der Waals surface area (Å²) in [5, 5.41) is 3.33. The molecule has 1 aromatic rings. The Morgan fingerprint density at radius 2 is 1.94 bits per heavy atom. The van der Waals surface area contributed by atoms with E-state index in [0.29, 0.717) is 12.5 Å². The van der Waals surface area contributed by atoms with Gasteiger partial charge in [-0.3, -0.25) is 10.1 Å². The number of carbonyl (C=O) groups is 1. The second-order valence-corrected chi connectivity index (χ2v) is 5.43. The third-order valence-electron chi connectivity index (χ3n) is 3.90. The first-order valence-corrected chi connectivity index (χ1v) is 6.62. The zero-order valence-electron chi connectivity index (χ0n) is 11.6. The first-order valence-electron chi connectivity index (χ1n) is 6.62. The lowest BCUT2D eigenvalue weighted by molar-refractivity contribution is -0.130. The molecule has 2 atom stereocenters. The molecule has 1 saturated heterocycles. The van der Waals surface area contributed by atoms with Crippen LogP contribution in [-0.4, -0.2) is 23.4 Å². The Morgan fingerprint density at radius 1 is 1.28 bits per heavy atom. The van der Waals surface area contributed by atoms with E-state index in [0.717, 1.165) is 0 Å². The quantitative estimate of drug-likeness (QED) is 0.888. The molecule has 0 saturated carbocycles. The SMILES string of the molecule is Cc1ccccc1C1NCC(=O)N1C(C)C(C)C. The van der Waals surface area contributed by atoms with Crippen molar-refractivity contribution in [3.8, 4) is 0 Å². The second-order valence-electron chi connectivity index (χ2n) is 5.43. The van der Waals surface area contributed by atoms with Crippen LogP contribution < -0.4 is 5.32 Å². The van der Waals surface area contributed by atoms with Crippen LogP contribution in [0.3, 0.4) is 0 Å². The summed E-state index contributed by atoms with van der Waals surface area (Å²) in [5.41, 5.74) is 2.43. The van der Waals surface area contributed by atoms with Gasteiger partial charge < -0.3 is 4.90 Å². The van der Waals surface area contributed by atoms with Crippen LogP contribution in [0.1, 0.15) is 38.1 Å². The van der Waals surface area contributed by atoms with Crippen LogP contribution >= 0.6 is 0 Å². The van der Waals surface area contributed by atoms with Crippen LogP contribution in [0.5, 0.6) is 0 Å². The summed E-state index contributed by atoms with van der Waals surface area (Å²) in [6.07, 6.45) is 0.0242. The van der Waals surface area contributed by atoms with Crippen LogP contribution in [0.2, 0.25) is 0 Å². The number of amides is 1. The van der Waals surface area contributed by atoms with Crippen molar-refractivity contribution in [3.05, 3.63) is 35.4 Å². The van der Waals surface area contributed by atoms with Gasteiger partial charge in [-0.25, -0.2) is 0 Å². The Morgan fingerprint density at radius 3 is 2.56 bits per heavy atom. The molecule has 0 aromatic heterocycles. The normalized spacial score (nSPS) is 21.7. The maximum Gasteiger partial charge on any atom is 0.238 e. The monoisotopic (exact) mass is 246 g/mol. The molecule has 1 aromatic carbocycles. The Bertz CT molecular complexity index is 442. The van der Waals surface area contributed by atoms with E-state index in [1.165, 1.54) is 11.1 Å². The molecule has 0 spiro atoms. The maximum absolute atomic E-state index is 12.1. The van der Waals surface area contributed by atoms with Crippen molar-refractivity contribution >= 4 is 5.91 Å². The molecule has 2 rings (SSSR count). The molecule has 1 fully saturated rings. The van der Waals surface area contributed by atoms with Crippen LogP contribution in [0.25, 0.3) is 0 Å². The molecule has 1 amide bonds. The van der Waals surface area contributed by atoms with Crippen LogP contribution in [0.4, 0.5) is 0 Å². The summed E-state index contributed by atoms with van der Waals surface area (Å²) < 4.78 is 0. The van der Waals surface area contributed by atoms with Gasteiger partial charge in [0, 0.05) is 6.04 Å².